The molecular weight excluding hydrogens is 196 g/mol. The molecular formula is C9H10N4O2. The highest BCUT2D eigenvalue weighted by atomic mass is 16.6. The average Bonchev–Trinajstić information content (AvgIpc) is 2.25. The molecule has 0 unspecified atom stereocenters. The third-order valence-electron chi connectivity index (χ3n) is 1.49. The number of rotatable bonds is 4. The number of hydrogen-bond acceptors (Lipinski definition) is 5. The lowest BCUT2D eigenvalue weighted by Crippen LogP contribution is -1.93. The van der Waals surface area contributed by atoms with E-state index in [4.69, 9.17) is 0 Å². The number of nitrogens with zero attached hydrogens (tertiary/aromatic N) is 3. The molecule has 1 rings (SSSR count). The maximum atomic E-state index is 10.3. The zero-order valence-electron chi connectivity index (χ0n) is 8.12. The van der Waals surface area contributed by atoms with E-state index in [1.165, 1.54) is 18.3 Å². The van der Waals surface area contributed by atoms with E-state index in [1.807, 2.05) is 13.0 Å². The number of hydrazone groups is 1. The first-order valence-corrected chi connectivity index (χ1v) is 4.25. The van der Waals surface area contributed by atoms with Gasteiger partial charge in [-0.25, -0.2) is 4.98 Å². The Balaban J connectivity index is 2.61. The van der Waals surface area contributed by atoms with Gasteiger partial charge in [-0.05, 0) is 19.1 Å². The fraction of sp³-hybridized carbons (Fsp3) is 0.111. The van der Waals surface area contributed by atoms with Crippen molar-refractivity contribution >= 4 is 17.7 Å². The fourth-order valence-electron chi connectivity index (χ4n) is 0.793. The minimum atomic E-state index is -0.500. The smallest absolute Gasteiger partial charge is 0.261 e. The van der Waals surface area contributed by atoms with Gasteiger partial charge in [0, 0.05) is 12.3 Å². The molecule has 0 fully saturated rings. The molecule has 6 nitrogen and oxygen atoms in total. The van der Waals surface area contributed by atoms with Gasteiger partial charge < -0.3 is 0 Å². The van der Waals surface area contributed by atoms with Crippen LogP contribution in [0.1, 0.15) is 6.92 Å². The second-order valence-electron chi connectivity index (χ2n) is 2.57. The topological polar surface area (TPSA) is 80.4 Å². The summed E-state index contributed by atoms with van der Waals surface area (Å²) in [7, 11) is 0. The van der Waals surface area contributed by atoms with E-state index in [2.05, 4.69) is 15.5 Å². The Kier molecular flexibility index (Phi) is 3.96. The first kappa shape index (κ1) is 10.8. The molecule has 78 valence electrons. The monoisotopic (exact) mass is 206 g/mol. The van der Waals surface area contributed by atoms with Crippen LogP contribution in [0.25, 0.3) is 0 Å². The number of pyridine rings is 1. The van der Waals surface area contributed by atoms with Crippen molar-refractivity contribution < 1.29 is 4.92 Å². The van der Waals surface area contributed by atoms with Crippen LogP contribution in [0.3, 0.4) is 0 Å². The summed E-state index contributed by atoms with van der Waals surface area (Å²) in [5, 5.41) is 14.1. The van der Waals surface area contributed by atoms with Crippen molar-refractivity contribution in [2.24, 2.45) is 5.10 Å². The Labute approximate surface area is 86.5 Å². The highest BCUT2D eigenvalue weighted by Gasteiger charge is 2.03. The summed E-state index contributed by atoms with van der Waals surface area (Å²) in [5.41, 5.74) is 2.59. The van der Waals surface area contributed by atoms with Crippen LogP contribution in [-0.2, 0) is 0 Å². The molecule has 0 bridgehead atoms. The average molecular weight is 206 g/mol. The highest BCUT2D eigenvalue weighted by Crippen LogP contribution is 2.11. The van der Waals surface area contributed by atoms with E-state index in [0.29, 0.717) is 5.82 Å². The van der Waals surface area contributed by atoms with Crippen molar-refractivity contribution in [2.75, 3.05) is 5.43 Å². The molecule has 6 heteroatoms. The minimum Gasteiger partial charge on any atom is -0.261 e. The molecule has 0 aliphatic rings. The minimum absolute atomic E-state index is 0.0435. The van der Waals surface area contributed by atoms with E-state index in [0.717, 1.165) is 0 Å². The molecule has 0 aliphatic carbocycles. The molecule has 1 heterocycles. The summed E-state index contributed by atoms with van der Waals surface area (Å²) in [4.78, 5) is 13.6. The molecule has 1 N–H and O–H groups in total. The van der Waals surface area contributed by atoms with Gasteiger partial charge in [0.05, 0.1) is 4.92 Å². The molecule has 0 radical (unpaired) electrons. The molecule has 1 aromatic heterocycles. The third kappa shape index (κ3) is 3.55. The number of hydrogen-bond donors (Lipinski definition) is 1. The van der Waals surface area contributed by atoms with Gasteiger partial charge in [0.15, 0.2) is 0 Å². The second kappa shape index (κ2) is 5.48. The molecule has 0 saturated carbocycles. The second-order valence-corrected chi connectivity index (χ2v) is 2.57. The first-order valence-electron chi connectivity index (χ1n) is 4.25. The number of nitrogens with one attached hydrogen (secondary N) is 1. The zero-order valence-corrected chi connectivity index (χ0v) is 8.12. The fourth-order valence-corrected chi connectivity index (χ4v) is 0.793. The van der Waals surface area contributed by atoms with Gasteiger partial charge in [-0.15, -0.1) is 0 Å². The van der Waals surface area contributed by atoms with E-state index in [-0.39, 0.29) is 5.69 Å². The Morgan fingerprint density at radius 1 is 1.60 bits per heavy atom. The molecule has 15 heavy (non-hydrogen) atoms. The van der Waals surface area contributed by atoms with Crippen molar-refractivity contribution in [3.8, 4) is 0 Å². The van der Waals surface area contributed by atoms with Crippen LogP contribution in [-0.4, -0.2) is 16.1 Å². The van der Waals surface area contributed by atoms with Crippen LogP contribution in [0.2, 0.25) is 0 Å². The molecule has 0 aromatic carbocycles. The van der Waals surface area contributed by atoms with E-state index in [1.54, 1.807) is 12.3 Å². The van der Waals surface area contributed by atoms with Crippen molar-refractivity contribution in [3.63, 3.8) is 0 Å². The zero-order chi connectivity index (χ0) is 11.1. The standard InChI is InChI=1S/C9H10N4O2/c1-2-3-6-11-12-9-5-4-8(7-10-9)13(14)15/h2-7H,1H3,(H,10,12)/b3-2+,11-6-. The molecule has 0 amide bonds. The molecule has 1 aromatic rings. The summed E-state index contributed by atoms with van der Waals surface area (Å²) in [6, 6.07) is 2.85. The van der Waals surface area contributed by atoms with Crippen molar-refractivity contribution in [2.45, 2.75) is 6.92 Å². The number of allylic oxidation sites excluding steroid dienone is 2. The van der Waals surface area contributed by atoms with E-state index < -0.39 is 4.92 Å². The van der Waals surface area contributed by atoms with Gasteiger partial charge in [0.1, 0.15) is 12.0 Å². The van der Waals surface area contributed by atoms with Crippen molar-refractivity contribution in [1.29, 1.82) is 0 Å². The Hall–Kier alpha value is -2.24. The summed E-state index contributed by atoms with van der Waals surface area (Å²) in [5.74, 6) is 0.460. The molecule has 0 spiro atoms. The lowest BCUT2D eigenvalue weighted by molar-refractivity contribution is -0.385. The largest absolute Gasteiger partial charge is 0.287 e. The highest BCUT2D eigenvalue weighted by molar-refractivity contribution is 5.71. The Bertz CT molecular complexity index is 384. The SMILES string of the molecule is C/C=C/C=N\Nc1ccc([N+](=O)[O-])cn1. The third-order valence-corrected chi connectivity index (χ3v) is 1.49. The maximum Gasteiger partial charge on any atom is 0.287 e. The van der Waals surface area contributed by atoms with Gasteiger partial charge >= 0.3 is 0 Å². The van der Waals surface area contributed by atoms with Crippen LogP contribution < -0.4 is 5.43 Å². The van der Waals surface area contributed by atoms with Gasteiger partial charge in [-0.2, -0.15) is 5.10 Å². The van der Waals surface area contributed by atoms with Crippen LogP contribution in [0.15, 0.2) is 35.6 Å². The number of nitro groups is 1. The summed E-state index contributed by atoms with van der Waals surface area (Å²) >= 11 is 0. The molecule has 0 aliphatic heterocycles. The first-order chi connectivity index (χ1) is 7.24. The lowest BCUT2D eigenvalue weighted by Gasteiger charge is -1.96. The normalized spacial score (nSPS) is 11.0. The Morgan fingerprint density at radius 3 is 2.93 bits per heavy atom. The number of aromatic nitrogens is 1. The summed E-state index contributed by atoms with van der Waals surface area (Å²) in [6.07, 6.45) is 6.31. The Morgan fingerprint density at radius 2 is 2.40 bits per heavy atom. The predicted molar refractivity (Wildman–Crippen MR) is 57.8 cm³/mol. The van der Waals surface area contributed by atoms with Gasteiger partial charge in [0.25, 0.3) is 5.69 Å². The van der Waals surface area contributed by atoms with Crippen LogP contribution in [0, 0.1) is 10.1 Å². The van der Waals surface area contributed by atoms with E-state index >= 15 is 0 Å². The van der Waals surface area contributed by atoms with Crippen LogP contribution in [0.5, 0.6) is 0 Å². The number of anilines is 1. The van der Waals surface area contributed by atoms with Gasteiger partial charge in [-0.1, -0.05) is 6.08 Å². The van der Waals surface area contributed by atoms with Gasteiger partial charge in [0.2, 0.25) is 0 Å². The summed E-state index contributed by atoms with van der Waals surface area (Å²) in [6.45, 7) is 1.87. The lowest BCUT2D eigenvalue weighted by atomic mass is 10.4. The van der Waals surface area contributed by atoms with E-state index in [9.17, 15) is 10.1 Å². The van der Waals surface area contributed by atoms with Crippen molar-refractivity contribution in [3.05, 3.63) is 40.6 Å². The molecule has 0 saturated heterocycles. The van der Waals surface area contributed by atoms with Crippen molar-refractivity contribution in [1.82, 2.24) is 4.98 Å². The van der Waals surface area contributed by atoms with Crippen LogP contribution >= 0.6 is 0 Å². The molecule has 0 atom stereocenters. The maximum absolute atomic E-state index is 10.3. The van der Waals surface area contributed by atoms with Gasteiger partial charge in [-0.3, -0.25) is 15.5 Å². The quantitative estimate of drug-likeness (QED) is 0.464. The summed E-state index contributed by atoms with van der Waals surface area (Å²) < 4.78 is 0. The predicted octanol–water partition coefficient (Wildman–Crippen LogP) is 1.96. The van der Waals surface area contributed by atoms with Crippen LogP contribution in [0.4, 0.5) is 11.5 Å².